The van der Waals surface area contributed by atoms with Crippen LogP contribution in [-0.4, -0.2) is 20.8 Å². The van der Waals surface area contributed by atoms with Crippen molar-refractivity contribution in [3.63, 3.8) is 0 Å². The number of ether oxygens (including phenoxy) is 1. The van der Waals surface area contributed by atoms with Crippen molar-refractivity contribution in [2.45, 2.75) is 19.1 Å². The minimum Gasteiger partial charge on any atom is -0.494 e. The predicted octanol–water partition coefficient (Wildman–Crippen LogP) is 2.71. The molecule has 10 heteroatoms. The first kappa shape index (κ1) is 24.2. The van der Waals surface area contributed by atoms with Gasteiger partial charge in [-0.3, -0.25) is 0 Å². The average Bonchev–Trinajstić information content (AvgIpc) is 2.87. The summed E-state index contributed by atoms with van der Waals surface area (Å²) < 4.78 is 22.4. The van der Waals surface area contributed by atoms with Gasteiger partial charge in [-0.1, -0.05) is 66.2 Å². The van der Waals surface area contributed by atoms with Crippen molar-refractivity contribution < 1.29 is 9.13 Å². The average molecular weight is 497 g/mol. The van der Waals surface area contributed by atoms with Gasteiger partial charge in [0, 0.05) is 11.1 Å². The van der Waals surface area contributed by atoms with Gasteiger partial charge in [0.15, 0.2) is 11.6 Å². The van der Waals surface area contributed by atoms with E-state index in [1.54, 1.807) is 48.5 Å². The number of hydrogen-bond donors (Lipinski definition) is 1. The zero-order chi connectivity index (χ0) is 25.1. The number of rotatable bonds is 7. The summed E-state index contributed by atoms with van der Waals surface area (Å²) in [5.74, 6) is -1.08. The van der Waals surface area contributed by atoms with E-state index in [-0.39, 0.29) is 24.5 Å². The maximum atomic E-state index is 15.1. The van der Waals surface area contributed by atoms with Crippen LogP contribution in [0.25, 0.3) is 5.69 Å². The lowest BCUT2D eigenvalue weighted by atomic mass is 10.1. The summed E-state index contributed by atoms with van der Waals surface area (Å²) in [6, 6.07) is 18.9. The highest BCUT2D eigenvalue weighted by Gasteiger charge is 2.22. The van der Waals surface area contributed by atoms with Crippen LogP contribution < -0.4 is 27.5 Å². The first-order chi connectivity index (χ1) is 16.8. The maximum Gasteiger partial charge on any atom is 0.341 e. The van der Waals surface area contributed by atoms with Crippen LogP contribution in [-0.2, 0) is 13.1 Å². The zero-order valence-corrected chi connectivity index (χ0v) is 19.5. The molecule has 1 atom stereocenters. The first-order valence-electron chi connectivity index (χ1n) is 10.7. The molecule has 180 valence electrons. The van der Waals surface area contributed by atoms with E-state index in [9.17, 15) is 14.4 Å². The summed E-state index contributed by atoms with van der Waals surface area (Å²) in [5, 5.41) is 0.330. The Morgan fingerprint density at radius 1 is 0.886 bits per heavy atom. The number of nitrogens with zero attached hydrogens (tertiary/aromatic N) is 3. The maximum absolute atomic E-state index is 15.1. The van der Waals surface area contributed by atoms with Crippen LogP contribution in [0.5, 0.6) is 5.75 Å². The summed E-state index contributed by atoms with van der Waals surface area (Å²) in [7, 11) is 1.26. The van der Waals surface area contributed by atoms with Gasteiger partial charge in [-0.2, -0.15) is 0 Å². The third-order valence-electron chi connectivity index (χ3n) is 5.60. The van der Waals surface area contributed by atoms with E-state index < -0.39 is 28.9 Å². The van der Waals surface area contributed by atoms with Crippen molar-refractivity contribution in [3.05, 3.63) is 126 Å². The van der Waals surface area contributed by atoms with Gasteiger partial charge in [0.05, 0.1) is 25.9 Å². The second kappa shape index (κ2) is 10.1. The van der Waals surface area contributed by atoms with Crippen molar-refractivity contribution in [2.75, 3.05) is 7.11 Å². The number of aromatic nitrogens is 3. The van der Waals surface area contributed by atoms with Crippen LogP contribution in [0.1, 0.15) is 17.2 Å². The van der Waals surface area contributed by atoms with Gasteiger partial charge in [-0.15, -0.1) is 0 Å². The monoisotopic (exact) mass is 496 g/mol. The van der Waals surface area contributed by atoms with Crippen molar-refractivity contribution in [1.29, 1.82) is 0 Å². The van der Waals surface area contributed by atoms with Gasteiger partial charge in [0.25, 0.3) is 0 Å². The molecule has 0 aliphatic carbocycles. The molecule has 0 radical (unpaired) electrons. The summed E-state index contributed by atoms with van der Waals surface area (Å²) in [4.78, 5) is 40.2. The second-order valence-electron chi connectivity index (χ2n) is 7.78. The molecule has 4 aromatic rings. The molecule has 0 amide bonds. The molecule has 4 rings (SSSR count). The Balaban J connectivity index is 1.97. The molecule has 1 heterocycles. The molecule has 0 bridgehead atoms. The molecule has 1 aromatic heterocycles. The Labute approximate surface area is 204 Å². The van der Waals surface area contributed by atoms with Crippen molar-refractivity contribution in [2.24, 2.45) is 5.73 Å². The van der Waals surface area contributed by atoms with Gasteiger partial charge in [0.1, 0.15) is 0 Å². The minimum absolute atomic E-state index is 0.162. The fourth-order valence-corrected chi connectivity index (χ4v) is 3.95. The molecule has 0 unspecified atom stereocenters. The molecular weight excluding hydrogens is 475 g/mol. The largest absolute Gasteiger partial charge is 0.494 e. The SMILES string of the molecule is COc1cccc(-n2c(=O)n(Cc3ccccc3Cl)c(=O)n(C[C@H](N)c3ccccc3)c2=O)c1F. The summed E-state index contributed by atoms with van der Waals surface area (Å²) in [6.45, 7) is -0.472. The lowest BCUT2D eigenvalue weighted by Crippen LogP contribution is -2.55. The van der Waals surface area contributed by atoms with Crippen LogP contribution >= 0.6 is 11.6 Å². The molecule has 0 aliphatic heterocycles. The van der Waals surface area contributed by atoms with Crippen molar-refractivity contribution in [3.8, 4) is 11.4 Å². The lowest BCUT2D eigenvalue weighted by molar-refractivity contribution is 0.384. The smallest absolute Gasteiger partial charge is 0.341 e. The Bertz CT molecular complexity index is 1550. The molecule has 0 spiro atoms. The Kier molecular flexibility index (Phi) is 6.99. The van der Waals surface area contributed by atoms with E-state index in [1.807, 2.05) is 6.07 Å². The quantitative estimate of drug-likeness (QED) is 0.424. The first-order valence-corrected chi connectivity index (χ1v) is 11.0. The van der Waals surface area contributed by atoms with E-state index in [2.05, 4.69) is 0 Å². The van der Waals surface area contributed by atoms with Crippen LogP contribution in [0.4, 0.5) is 4.39 Å². The topological polar surface area (TPSA) is 101 Å². The van der Waals surface area contributed by atoms with Crippen LogP contribution in [0, 0.1) is 5.82 Å². The van der Waals surface area contributed by atoms with E-state index in [0.29, 0.717) is 20.7 Å². The van der Waals surface area contributed by atoms with Crippen LogP contribution in [0.3, 0.4) is 0 Å². The molecule has 2 N–H and O–H groups in total. The number of halogens is 2. The molecule has 0 fully saturated rings. The Hall–Kier alpha value is -3.95. The molecule has 3 aromatic carbocycles. The highest BCUT2D eigenvalue weighted by Crippen LogP contribution is 2.21. The zero-order valence-electron chi connectivity index (χ0n) is 18.7. The van der Waals surface area contributed by atoms with Gasteiger partial charge in [0.2, 0.25) is 0 Å². The van der Waals surface area contributed by atoms with Gasteiger partial charge in [-0.25, -0.2) is 32.5 Å². The second-order valence-corrected chi connectivity index (χ2v) is 8.19. The number of nitrogens with two attached hydrogens (primary N) is 1. The predicted molar refractivity (Wildman–Crippen MR) is 131 cm³/mol. The van der Waals surface area contributed by atoms with Gasteiger partial charge >= 0.3 is 17.1 Å². The highest BCUT2D eigenvalue weighted by atomic mass is 35.5. The fourth-order valence-electron chi connectivity index (χ4n) is 3.76. The standard InChI is InChI=1S/C25H22ClFN4O4/c1-35-21-13-7-12-20(22(21)27)31-24(33)29(14-17-10-5-6-11-18(17)26)23(32)30(25(31)34)15-19(28)16-8-3-2-4-9-16/h2-13,19H,14-15,28H2,1H3/t19-/m0/s1. The number of benzene rings is 3. The van der Waals surface area contributed by atoms with Gasteiger partial charge < -0.3 is 10.5 Å². The molecule has 35 heavy (non-hydrogen) atoms. The Morgan fingerprint density at radius 3 is 2.23 bits per heavy atom. The number of hydrogen-bond acceptors (Lipinski definition) is 5. The van der Waals surface area contributed by atoms with E-state index in [0.717, 1.165) is 9.13 Å². The normalized spacial score (nSPS) is 11.9. The van der Waals surface area contributed by atoms with Crippen LogP contribution in [0.2, 0.25) is 5.02 Å². The van der Waals surface area contributed by atoms with Crippen LogP contribution in [0.15, 0.2) is 87.2 Å². The summed E-state index contributed by atoms with van der Waals surface area (Å²) in [5.41, 5.74) is 4.17. The van der Waals surface area contributed by atoms with E-state index >= 15 is 4.39 Å². The third-order valence-corrected chi connectivity index (χ3v) is 5.97. The molecular formula is C25H22ClFN4O4. The highest BCUT2D eigenvalue weighted by molar-refractivity contribution is 6.31. The molecule has 0 saturated carbocycles. The Morgan fingerprint density at radius 2 is 1.54 bits per heavy atom. The third kappa shape index (κ3) is 4.68. The fraction of sp³-hybridized carbons (Fsp3) is 0.160. The van der Waals surface area contributed by atoms with E-state index in [1.165, 1.54) is 25.3 Å². The minimum atomic E-state index is -1.02. The molecule has 0 aliphatic rings. The van der Waals surface area contributed by atoms with Crippen molar-refractivity contribution in [1.82, 2.24) is 13.7 Å². The number of methoxy groups -OCH3 is 1. The van der Waals surface area contributed by atoms with Gasteiger partial charge in [-0.05, 0) is 29.3 Å². The molecule has 8 nitrogen and oxygen atoms in total. The lowest BCUT2D eigenvalue weighted by Gasteiger charge is -2.18. The molecule has 0 saturated heterocycles. The van der Waals surface area contributed by atoms with E-state index in [4.69, 9.17) is 22.1 Å². The summed E-state index contributed by atoms with van der Waals surface area (Å²) in [6.07, 6.45) is 0. The van der Waals surface area contributed by atoms with Crippen molar-refractivity contribution >= 4 is 11.6 Å². The summed E-state index contributed by atoms with van der Waals surface area (Å²) >= 11 is 6.25.